The first-order valence-electron chi connectivity index (χ1n) is 10.2. The number of hydrogen-bond donors (Lipinski definition) is 0. The zero-order chi connectivity index (χ0) is 21.8. The van der Waals surface area contributed by atoms with E-state index in [-0.39, 0.29) is 35.7 Å². The Morgan fingerprint density at radius 1 is 1.20 bits per heavy atom. The second-order valence-corrected chi connectivity index (χ2v) is 7.92. The van der Waals surface area contributed by atoms with E-state index in [1.165, 1.54) is 11.0 Å². The number of fused-ring (bicyclic) bond motifs is 3. The van der Waals surface area contributed by atoms with E-state index >= 15 is 0 Å². The fourth-order valence-electron chi connectivity index (χ4n) is 3.98. The summed E-state index contributed by atoms with van der Waals surface area (Å²) in [6.45, 7) is 2.46. The number of carbonyl (C=O) groups excluding carboxylic acids is 2. The van der Waals surface area contributed by atoms with Gasteiger partial charge in [-0.1, -0.05) is 0 Å². The molecule has 2 aliphatic heterocycles. The van der Waals surface area contributed by atoms with Crippen LogP contribution in [0.25, 0.3) is 0 Å². The smallest absolute Gasteiger partial charge is 0.258 e. The highest BCUT2D eigenvalue weighted by molar-refractivity contribution is 5.99. The number of ether oxygens (including phenoxy) is 3. The third kappa shape index (κ3) is 4.58. The molecule has 1 fully saturated rings. The molecular weight excluding hydrogens is 386 g/mol. The van der Waals surface area contributed by atoms with Gasteiger partial charge < -0.3 is 24.0 Å². The Morgan fingerprint density at radius 3 is 2.67 bits per heavy atom. The Labute approximate surface area is 177 Å². The van der Waals surface area contributed by atoms with Crippen LogP contribution in [0.2, 0.25) is 0 Å². The van der Waals surface area contributed by atoms with Crippen molar-refractivity contribution in [2.75, 3.05) is 34.4 Å². The maximum absolute atomic E-state index is 13.2. The van der Waals surface area contributed by atoms with Gasteiger partial charge >= 0.3 is 0 Å². The number of benzene rings is 1. The van der Waals surface area contributed by atoms with Crippen LogP contribution in [-0.2, 0) is 14.3 Å². The average Bonchev–Trinajstić information content (AvgIpc) is 2.76. The van der Waals surface area contributed by atoms with Gasteiger partial charge in [-0.3, -0.25) is 9.59 Å². The van der Waals surface area contributed by atoms with Gasteiger partial charge in [-0.15, -0.1) is 0 Å². The summed E-state index contributed by atoms with van der Waals surface area (Å²) < 4.78 is 17.7. The number of carbonyl (C=O) groups is 2. The topological polar surface area (TPSA) is 92.1 Å². The molecule has 4 atom stereocenters. The molecule has 0 saturated carbocycles. The van der Waals surface area contributed by atoms with Crippen LogP contribution in [0.3, 0.4) is 0 Å². The molecule has 0 spiro atoms. The molecule has 2 bridgehead atoms. The van der Waals surface area contributed by atoms with E-state index in [2.05, 4.69) is 0 Å². The van der Waals surface area contributed by atoms with Crippen molar-refractivity contribution in [2.45, 2.75) is 50.5 Å². The molecule has 30 heavy (non-hydrogen) atoms. The van der Waals surface area contributed by atoms with Crippen molar-refractivity contribution in [3.05, 3.63) is 29.3 Å². The van der Waals surface area contributed by atoms with Crippen LogP contribution in [0.1, 0.15) is 42.1 Å². The highest BCUT2D eigenvalue weighted by Crippen LogP contribution is 2.27. The first-order valence-corrected chi connectivity index (χ1v) is 10.2. The lowest BCUT2D eigenvalue weighted by Crippen LogP contribution is -2.52. The second-order valence-electron chi connectivity index (χ2n) is 7.92. The number of rotatable bonds is 1. The van der Waals surface area contributed by atoms with E-state index < -0.39 is 6.04 Å². The number of nitriles is 1. The summed E-state index contributed by atoms with van der Waals surface area (Å²) in [6, 6.07) is 6.12. The molecule has 2 amide bonds. The van der Waals surface area contributed by atoms with E-state index in [4.69, 9.17) is 14.2 Å². The Morgan fingerprint density at radius 2 is 1.97 bits per heavy atom. The zero-order valence-corrected chi connectivity index (χ0v) is 18.0. The van der Waals surface area contributed by atoms with Crippen LogP contribution in [0, 0.1) is 11.3 Å². The molecule has 2 aliphatic rings. The van der Waals surface area contributed by atoms with E-state index in [0.29, 0.717) is 30.9 Å². The molecule has 0 unspecified atom stereocenters. The normalized spacial score (nSPS) is 28.2. The van der Waals surface area contributed by atoms with Crippen LogP contribution >= 0.6 is 0 Å². The van der Waals surface area contributed by atoms with Crippen molar-refractivity contribution in [2.24, 2.45) is 0 Å². The quantitative estimate of drug-likeness (QED) is 0.695. The van der Waals surface area contributed by atoms with Gasteiger partial charge in [0.15, 0.2) is 0 Å². The minimum Gasteiger partial charge on any atom is -0.493 e. The molecule has 1 aromatic rings. The van der Waals surface area contributed by atoms with E-state index in [9.17, 15) is 14.9 Å². The molecule has 0 aliphatic carbocycles. The molecular formula is C22H29N3O5. The van der Waals surface area contributed by atoms with Crippen molar-refractivity contribution in [1.29, 1.82) is 5.26 Å². The number of hydrogen-bond acceptors (Lipinski definition) is 6. The van der Waals surface area contributed by atoms with Gasteiger partial charge in [-0.25, -0.2) is 0 Å². The van der Waals surface area contributed by atoms with Crippen LogP contribution < -0.4 is 4.74 Å². The molecule has 8 nitrogen and oxygen atoms in total. The summed E-state index contributed by atoms with van der Waals surface area (Å²) in [7, 11) is 4.96. The van der Waals surface area contributed by atoms with Crippen LogP contribution in [-0.4, -0.2) is 80.3 Å². The fraction of sp³-hybridized carbons (Fsp3) is 0.591. The van der Waals surface area contributed by atoms with Gasteiger partial charge in [-0.2, -0.15) is 5.26 Å². The predicted molar refractivity (Wildman–Crippen MR) is 109 cm³/mol. The van der Waals surface area contributed by atoms with Crippen molar-refractivity contribution in [3.63, 3.8) is 0 Å². The van der Waals surface area contributed by atoms with Crippen LogP contribution in [0.15, 0.2) is 18.2 Å². The summed E-state index contributed by atoms with van der Waals surface area (Å²) in [4.78, 5) is 29.1. The highest BCUT2D eigenvalue weighted by atomic mass is 16.5. The highest BCUT2D eigenvalue weighted by Gasteiger charge is 2.35. The van der Waals surface area contributed by atoms with E-state index in [1.807, 2.05) is 6.07 Å². The van der Waals surface area contributed by atoms with Gasteiger partial charge in [-0.05, 0) is 38.0 Å². The summed E-state index contributed by atoms with van der Waals surface area (Å²) in [5.74, 6) is -0.153. The Kier molecular flexibility index (Phi) is 6.95. The van der Waals surface area contributed by atoms with Gasteiger partial charge in [0.05, 0.1) is 36.0 Å². The van der Waals surface area contributed by atoms with Crippen LogP contribution in [0.4, 0.5) is 0 Å². The first-order chi connectivity index (χ1) is 14.3. The van der Waals surface area contributed by atoms with Gasteiger partial charge in [0, 0.05) is 34.2 Å². The number of methoxy groups -OCH3 is 1. The maximum Gasteiger partial charge on any atom is 0.258 e. The van der Waals surface area contributed by atoms with E-state index in [0.717, 1.165) is 12.8 Å². The molecule has 3 rings (SSSR count). The van der Waals surface area contributed by atoms with Crippen molar-refractivity contribution in [1.82, 2.24) is 9.80 Å². The summed E-state index contributed by atoms with van der Waals surface area (Å²) in [5, 5.41) is 9.23. The standard InChI is InChI=1S/C22H29N3O5/c1-14-21(26)24(2)13-20-19(28-4)8-6-16(30-20)9-10-29-18-7-5-15(12-23)11-17(18)22(27)25(14)3/h5,7,11,14,16,19-20H,6,8-10,13H2,1-4H3/t14-,16-,19+,20+/m1/s1. The van der Waals surface area contributed by atoms with Crippen molar-refractivity contribution < 1.29 is 23.8 Å². The maximum atomic E-state index is 13.2. The molecule has 0 radical (unpaired) electrons. The second kappa shape index (κ2) is 9.45. The lowest BCUT2D eigenvalue weighted by molar-refractivity contribution is -0.152. The molecule has 162 valence electrons. The molecule has 2 heterocycles. The number of nitrogens with zero attached hydrogens (tertiary/aromatic N) is 3. The van der Waals surface area contributed by atoms with Gasteiger partial charge in [0.25, 0.3) is 5.91 Å². The van der Waals surface area contributed by atoms with E-state index in [1.54, 1.807) is 45.2 Å². The summed E-state index contributed by atoms with van der Waals surface area (Å²) >= 11 is 0. The molecule has 1 saturated heterocycles. The van der Waals surface area contributed by atoms with Gasteiger partial charge in [0.2, 0.25) is 5.91 Å². The minimum absolute atomic E-state index is 0.00882. The Bertz CT molecular complexity index is 837. The number of amides is 2. The Hall–Kier alpha value is -2.63. The lowest BCUT2D eigenvalue weighted by Gasteiger charge is -2.39. The third-order valence-corrected chi connectivity index (χ3v) is 5.98. The SMILES string of the molecule is CO[C@H]1CC[C@@H]2CCOc3ccc(C#N)cc3C(=O)N(C)[C@H](C)C(=O)N(C)C[C@@H]1O2. The first kappa shape index (κ1) is 22.1. The van der Waals surface area contributed by atoms with Crippen LogP contribution in [0.5, 0.6) is 5.75 Å². The molecule has 0 N–H and O–H groups in total. The molecule has 1 aromatic carbocycles. The van der Waals surface area contributed by atoms with Gasteiger partial charge in [0.1, 0.15) is 17.9 Å². The van der Waals surface area contributed by atoms with Crippen molar-refractivity contribution in [3.8, 4) is 11.8 Å². The minimum atomic E-state index is -0.690. The largest absolute Gasteiger partial charge is 0.493 e. The summed E-state index contributed by atoms with van der Waals surface area (Å²) in [5.41, 5.74) is 0.637. The molecule has 8 heteroatoms. The monoisotopic (exact) mass is 415 g/mol. The zero-order valence-electron chi connectivity index (χ0n) is 18.0. The fourth-order valence-corrected chi connectivity index (χ4v) is 3.98. The number of likely N-dealkylation sites (N-methyl/N-ethyl adjacent to an activating group) is 2. The van der Waals surface area contributed by atoms with Crippen molar-refractivity contribution >= 4 is 11.8 Å². The lowest BCUT2D eigenvalue weighted by atomic mass is 9.98. The predicted octanol–water partition coefficient (Wildman–Crippen LogP) is 1.82. The Balaban J connectivity index is 1.94. The molecule has 0 aromatic heterocycles. The summed E-state index contributed by atoms with van der Waals surface area (Å²) in [6.07, 6.45) is 2.03. The third-order valence-electron chi connectivity index (χ3n) is 5.98. The average molecular weight is 415 g/mol.